The lowest BCUT2D eigenvalue weighted by atomic mass is 9.97. The predicted octanol–water partition coefficient (Wildman–Crippen LogP) is 4.21. The number of rotatable bonds is 3. The minimum atomic E-state index is 0.0412. The molecule has 2 aliphatic heterocycles. The number of amides is 1. The van der Waals surface area contributed by atoms with Gasteiger partial charge in [0, 0.05) is 42.2 Å². The van der Waals surface area contributed by atoms with Crippen LogP contribution in [0.15, 0.2) is 42.5 Å². The lowest BCUT2D eigenvalue weighted by Gasteiger charge is -2.29. The van der Waals surface area contributed by atoms with Crippen LogP contribution in [-0.4, -0.2) is 55.2 Å². The Morgan fingerprint density at radius 2 is 1.77 bits per heavy atom. The van der Waals surface area contributed by atoms with E-state index in [1.165, 1.54) is 0 Å². The fourth-order valence-electron chi connectivity index (χ4n) is 4.44. The lowest BCUT2D eigenvalue weighted by molar-refractivity contribution is 0.0793. The number of ether oxygens (including phenoxy) is 1. The SMILES string of the molecule is Nc1nc2ccc(-c3ccc(Cl)cc3C(=O)N3CCCC3)cc2cc1N1CCOCC1. The molecular weight excluding hydrogens is 412 g/mol. The van der Waals surface area contributed by atoms with Gasteiger partial charge in [-0.3, -0.25) is 4.79 Å². The number of hydrogen-bond acceptors (Lipinski definition) is 5. The van der Waals surface area contributed by atoms with E-state index in [1.54, 1.807) is 6.07 Å². The quantitative estimate of drug-likeness (QED) is 0.665. The number of morpholine rings is 1. The minimum Gasteiger partial charge on any atom is -0.382 e. The van der Waals surface area contributed by atoms with E-state index in [2.05, 4.69) is 22.0 Å². The molecule has 7 heteroatoms. The normalized spacial score (nSPS) is 16.8. The van der Waals surface area contributed by atoms with Crippen molar-refractivity contribution in [2.75, 3.05) is 50.0 Å². The summed E-state index contributed by atoms with van der Waals surface area (Å²) in [5.74, 6) is 0.568. The summed E-state index contributed by atoms with van der Waals surface area (Å²) < 4.78 is 5.46. The molecule has 2 saturated heterocycles. The Labute approximate surface area is 186 Å². The molecule has 6 nitrogen and oxygen atoms in total. The Morgan fingerprint density at radius 1 is 1.00 bits per heavy atom. The molecule has 31 heavy (non-hydrogen) atoms. The fraction of sp³-hybridized carbons (Fsp3) is 0.333. The highest BCUT2D eigenvalue weighted by Crippen LogP contribution is 2.33. The van der Waals surface area contributed by atoms with E-state index >= 15 is 0 Å². The fourth-order valence-corrected chi connectivity index (χ4v) is 4.61. The molecule has 0 spiro atoms. The molecule has 0 bridgehead atoms. The number of nitrogens with zero attached hydrogens (tertiary/aromatic N) is 3. The third-order valence-electron chi connectivity index (χ3n) is 6.09. The number of likely N-dealkylation sites (tertiary alicyclic amines) is 1. The molecule has 2 aromatic carbocycles. The van der Waals surface area contributed by atoms with Gasteiger partial charge in [-0.25, -0.2) is 4.98 Å². The first kappa shape index (κ1) is 20.1. The average molecular weight is 437 g/mol. The van der Waals surface area contributed by atoms with E-state index in [9.17, 15) is 4.79 Å². The lowest BCUT2D eigenvalue weighted by Crippen LogP contribution is -2.36. The van der Waals surface area contributed by atoms with Crippen molar-refractivity contribution >= 4 is 39.9 Å². The standard InChI is InChI=1S/C24H25ClN4O2/c25-18-4-5-19(20(15-18)24(30)29-7-1-2-8-29)16-3-6-21-17(13-16)14-22(23(26)27-21)28-9-11-31-12-10-28/h3-6,13-15H,1-2,7-12H2,(H2,26,27). The van der Waals surface area contributed by atoms with Gasteiger partial charge in [-0.05, 0) is 54.3 Å². The first-order valence-electron chi connectivity index (χ1n) is 10.7. The number of benzene rings is 2. The molecule has 160 valence electrons. The zero-order valence-corrected chi connectivity index (χ0v) is 18.1. The molecule has 0 saturated carbocycles. The number of pyridine rings is 1. The first-order chi connectivity index (χ1) is 15.1. The van der Waals surface area contributed by atoms with Crippen molar-refractivity contribution in [3.05, 3.63) is 53.1 Å². The van der Waals surface area contributed by atoms with Gasteiger partial charge < -0.3 is 20.3 Å². The largest absolute Gasteiger partial charge is 0.382 e. The van der Waals surface area contributed by atoms with Gasteiger partial charge in [0.15, 0.2) is 0 Å². The molecule has 3 aromatic rings. The second kappa shape index (κ2) is 8.36. The topological polar surface area (TPSA) is 71.7 Å². The van der Waals surface area contributed by atoms with E-state index in [4.69, 9.17) is 22.1 Å². The zero-order chi connectivity index (χ0) is 21.4. The van der Waals surface area contributed by atoms with E-state index in [0.717, 1.165) is 66.7 Å². The minimum absolute atomic E-state index is 0.0412. The third kappa shape index (κ3) is 3.93. The Bertz CT molecular complexity index is 1140. The van der Waals surface area contributed by atoms with Crippen LogP contribution < -0.4 is 10.6 Å². The van der Waals surface area contributed by atoms with E-state index in [0.29, 0.717) is 29.6 Å². The number of hydrogen-bond donors (Lipinski definition) is 1. The summed E-state index contributed by atoms with van der Waals surface area (Å²) in [6.07, 6.45) is 2.10. The summed E-state index contributed by atoms with van der Waals surface area (Å²) in [6.45, 7) is 4.56. The van der Waals surface area contributed by atoms with Crippen LogP contribution in [0.4, 0.5) is 11.5 Å². The van der Waals surface area contributed by atoms with Crippen molar-refractivity contribution in [1.29, 1.82) is 0 Å². The molecule has 2 N–H and O–H groups in total. The second-order valence-electron chi connectivity index (χ2n) is 8.09. The van der Waals surface area contributed by atoms with Crippen molar-refractivity contribution in [2.24, 2.45) is 0 Å². The van der Waals surface area contributed by atoms with Crippen LogP contribution in [0.25, 0.3) is 22.0 Å². The van der Waals surface area contributed by atoms with E-state index in [-0.39, 0.29) is 5.91 Å². The Morgan fingerprint density at radius 3 is 2.55 bits per heavy atom. The zero-order valence-electron chi connectivity index (χ0n) is 17.3. The van der Waals surface area contributed by atoms with Crippen LogP contribution >= 0.6 is 11.6 Å². The molecule has 1 aromatic heterocycles. The van der Waals surface area contributed by atoms with Crippen LogP contribution in [0, 0.1) is 0 Å². The summed E-state index contributed by atoms with van der Waals surface area (Å²) in [5.41, 5.74) is 10.5. The van der Waals surface area contributed by atoms with Crippen molar-refractivity contribution in [3.63, 3.8) is 0 Å². The molecule has 2 fully saturated rings. The Kier molecular flexibility index (Phi) is 5.42. The molecule has 0 aliphatic carbocycles. The van der Waals surface area contributed by atoms with Crippen molar-refractivity contribution < 1.29 is 9.53 Å². The van der Waals surface area contributed by atoms with Crippen molar-refractivity contribution in [1.82, 2.24) is 9.88 Å². The van der Waals surface area contributed by atoms with Gasteiger partial charge in [-0.1, -0.05) is 23.7 Å². The number of carbonyl (C=O) groups excluding carboxylic acids is 1. The number of nitrogen functional groups attached to an aromatic ring is 1. The number of aromatic nitrogens is 1. The van der Waals surface area contributed by atoms with Crippen LogP contribution in [0.2, 0.25) is 5.02 Å². The van der Waals surface area contributed by atoms with Crippen LogP contribution in [0.5, 0.6) is 0 Å². The van der Waals surface area contributed by atoms with Gasteiger partial charge in [0.05, 0.1) is 24.4 Å². The van der Waals surface area contributed by atoms with Gasteiger partial charge in [0.2, 0.25) is 0 Å². The first-order valence-corrected chi connectivity index (χ1v) is 11.1. The molecule has 2 aliphatic rings. The average Bonchev–Trinajstić information content (AvgIpc) is 3.33. The van der Waals surface area contributed by atoms with E-state index < -0.39 is 0 Å². The molecule has 0 atom stereocenters. The molecule has 1 amide bonds. The summed E-state index contributed by atoms with van der Waals surface area (Å²) in [6, 6.07) is 13.7. The molecule has 3 heterocycles. The monoisotopic (exact) mass is 436 g/mol. The Balaban J connectivity index is 1.57. The van der Waals surface area contributed by atoms with Crippen molar-refractivity contribution in [3.8, 4) is 11.1 Å². The predicted molar refractivity (Wildman–Crippen MR) is 125 cm³/mol. The molecule has 0 unspecified atom stereocenters. The number of nitrogens with two attached hydrogens (primary N) is 1. The number of carbonyl (C=O) groups is 1. The van der Waals surface area contributed by atoms with Gasteiger partial charge in [0.1, 0.15) is 5.82 Å². The summed E-state index contributed by atoms with van der Waals surface area (Å²) in [4.78, 5) is 21.9. The summed E-state index contributed by atoms with van der Waals surface area (Å²) in [7, 11) is 0. The van der Waals surface area contributed by atoms with Crippen molar-refractivity contribution in [2.45, 2.75) is 12.8 Å². The molecule has 5 rings (SSSR count). The van der Waals surface area contributed by atoms with Crippen LogP contribution in [0.1, 0.15) is 23.2 Å². The van der Waals surface area contributed by atoms with Gasteiger partial charge in [0.25, 0.3) is 5.91 Å². The van der Waals surface area contributed by atoms with E-state index in [1.807, 2.05) is 29.2 Å². The summed E-state index contributed by atoms with van der Waals surface area (Å²) in [5, 5.41) is 1.55. The molecular formula is C24H25ClN4O2. The maximum absolute atomic E-state index is 13.2. The molecule has 0 radical (unpaired) electrons. The maximum atomic E-state index is 13.2. The third-order valence-corrected chi connectivity index (χ3v) is 6.33. The van der Waals surface area contributed by atoms with Crippen LogP contribution in [0.3, 0.4) is 0 Å². The number of fused-ring (bicyclic) bond motifs is 1. The smallest absolute Gasteiger partial charge is 0.254 e. The highest BCUT2D eigenvalue weighted by molar-refractivity contribution is 6.31. The van der Waals surface area contributed by atoms with Gasteiger partial charge >= 0.3 is 0 Å². The number of anilines is 2. The Hall–Kier alpha value is -2.83. The highest BCUT2D eigenvalue weighted by atomic mass is 35.5. The maximum Gasteiger partial charge on any atom is 0.254 e. The van der Waals surface area contributed by atoms with Gasteiger partial charge in [-0.15, -0.1) is 0 Å². The second-order valence-corrected chi connectivity index (χ2v) is 8.53. The highest BCUT2D eigenvalue weighted by Gasteiger charge is 2.23. The van der Waals surface area contributed by atoms with Gasteiger partial charge in [-0.2, -0.15) is 0 Å². The number of halogens is 1. The summed E-state index contributed by atoms with van der Waals surface area (Å²) >= 11 is 6.26. The van der Waals surface area contributed by atoms with Crippen LogP contribution in [-0.2, 0) is 4.74 Å².